The van der Waals surface area contributed by atoms with E-state index in [0.717, 1.165) is 129 Å². The van der Waals surface area contributed by atoms with Crippen LogP contribution in [0.3, 0.4) is 0 Å². The number of ether oxygens (including phenoxy) is 8. The maximum absolute atomic E-state index is 14.4. The van der Waals surface area contributed by atoms with Gasteiger partial charge in [-0.25, -0.2) is 4.79 Å². The number of hydrogen-bond acceptors (Lipinski definition) is 16. The molecule has 0 aliphatic carbocycles. The molecule has 0 aromatic carbocycles. The average molecular weight is 996 g/mol. The summed E-state index contributed by atoms with van der Waals surface area (Å²) in [7, 11) is 3.41. The number of amides is 2. The van der Waals surface area contributed by atoms with Crippen molar-refractivity contribution in [1.29, 1.82) is 0 Å². The topological polar surface area (TPSA) is 189 Å². The first-order chi connectivity index (χ1) is 32.5. The van der Waals surface area contributed by atoms with Crippen LogP contribution in [0.2, 0.25) is 0 Å². The van der Waals surface area contributed by atoms with Gasteiger partial charge in [-0.2, -0.15) is 15.2 Å². The van der Waals surface area contributed by atoms with Crippen molar-refractivity contribution >= 4 is 29.2 Å². The fraction of sp³-hybridized carbons (Fsp3) is 0.979. The Balaban J connectivity index is 0.000000223. The quantitative estimate of drug-likeness (QED) is 0.151. The molecule has 9 heterocycles. The number of nitrogens with zero attached hydrogens (tertiary/aromatic N) is 4. The molecule has 67 heavy (non-hydrogen) atoms. The normalized spacial score (nSPS) is 31.2. The van der Waals surface area contributed by atoms with Crippen molar-refractivity contribution in [1.82, 2.24) is 30.7 Å². The minimum absolute atomic E-state index is 0.0493. The van der Waals surface area contributed by atoms with E-state index in [0.29, 0.717) is 97.7 Å². The monoisotopic (exact) mass is 995 g/mol. The van der Waals surface area contributed by atoms with E-state index >= 15 is 0 Å². The molecule has 0 unspecified atom stereocenters. The van der Waals surface area contributed by atoms with E-state index in [2.05, 4.69) is 10.6 Å². The van der Waals surface area contributed by atoms with Gasteiger partial charge in [0.05, 0.1) is 51.8 Å². The molecule has 0 radical (unpaired) electrons. The Labute approximate surface area is 409 Å². The average Bonchev–Trinajstić information content (AvgIpc) is 3.34. The molecule has 9 aliphatic heterocycles. The molecule has 20 heteroatoms. The number of hydroxylamine groups is 6. The summed E-state index contributed by atoms with van der Waals surface area (Å²) in [5.74, 6) is 0. The van der Waals surface area contributed by atoms with Crippen LogP contribution in [-0.4, -0.2) is 218 Å². The molecule has 6 spiro atoms. The number of halogens is 2. The highest BCUT2D eigenvalue weighted by atomic mass is 35.5. The lowest BCUT2D eigenvalue weighted by Gasteiger charge is -2.60. The number of carbonyl (C=O) groups is 1. The van der Waals surface area contributed by atoms with Gasteiger partial charge in [-0.1, -0.05) is 0 Å². The smallest absolute Gasteiger partial charge is 0.317 e. The van der Waals surface area contributed by atoms with E-state index in [4.69, 9.17) is 61.1 Å². The third-order valence-electron chi connectivity index (χ3n) is 17.3. The van der Waals surface area contributed by atoms with Crippen molar-refractivity contribution in [2.75, 3.05) is 125 Å². The van der Waals surface area contributed by atoms with Gasteiger partial charge in [0, 0.05) is 125 Å². The Hall–Kier alpha value is -0.750. The molecule has 0 bridgehead atoms. The lowest BCUT2D eigenvalue weighted by Crippen LogP contribution is -2.71. The van der Waals surface area contributed by atoms with Gasteiger partial charge in [-0.05, 0) is 116 Å². The van der Waals surface area contributed by atoms with Crippen molar-refractivity contribution in [3.63, 3.8) is 0 Å². The first-order valence-electron chi connectivity index (χ1n) is 25.3. The lowest BCUT2D eigenvalue weighted by atomic mass is 9.69. The number of nitrogens with one attached hydrogen (secondary N) is 2. The third-order valence-corrected chi connectivity index (χ3v) is 17.3. The fourth-order valence-electron chi connectivity index (χ4n) is 13.7. The highest BCUT2D eigenvalue weighted by molar-refractivity contribution is 6.40. The van der Waals surface area contributed by atoms with Gasteiger partial charge >= 0.3 is 6.03 Å². The van der Waals surface area contributed by atoms with Crippen molar-refractivity contribution in [2.24, 2.45) is 0 Å². The van der Waals surface area contributed by atoms with Crippen molar-refractivity contribution in [3.05, 3.63) is 0 Å². The SMILES string of the molecule is COCCN(C(=O)NC1CC2(CCOCC2)N(O)C2(CCOCC2)C1)C1CC2(CCOCC2)N(O)C2(CCOCC2)C1.COCCNC1CC2(CCOCC2)N(O)C2(CCOCC2)C1.ClCCl. The molecule has 388 valence electrons. The first-order valence-corrected chi connectivity index (χ1v) is 26.4. The van der Waals surface area contributed by atoms with Crippen LogP contribution in [0, 0.1) is 0 Å². The molecule has 2 amide bonds. The summed E-state index contributed by atoms with van der Waals surface area (Å²) >= 11 is 9.53. The molecule has 9 aliphatic rings. The van der Waals surface area contributed by atoms with Crippen LogP contribution in [0.15, 0.2) is 0 Å². The van der Waals surface area contributed by atoms with Crippen LogP contribution < -0.4 is 10.6 Å². The van der Waals surface area contributed by atoms with E-state index in [9.17, 15) is 20.4 Å². The minimum atomic E-state index is -0.426. The van der Waals surface area contributed by atoms with E-state index in [-0.39, 0.29) is 34.5 Å². The standard InChI is InChI=1S/C30H52N4O8.C16H30N2O4.CH2Cl2/c1-38-19-10-32(25-22-29(6-15-41-16-7-29)34(37)30(23-25)8-17-42-18-9-30)26(35)31-24-20-27(2-11-39-12-3-27)33(36)28(21-24)4-13-40-14-5-28;1-20-11-6-17-14-12-15(2-7-21-8-3-15)18(19)16(13-14)4-9-22-10-5-16;2-1-3/h24-25,36-37H,2-23H2,1H3,(H,31,35);14,17,19H,2-13H2,1H3;1H2. The number of hydrogen-bond donors (Lipinski definition) is 5. The maximum Gasteiger partial charge on any atom is 0.317 e. The van der Waals surface area contributed by atoms with E-state index in [1.54, 1.807) is 29.4 Å². The van der Waals surface area contributed by atoms with Crippen molar-refractivity contribution in [3.8, 4) is 0 Å². The van der Waals surface area contributed by atoms with Gasteiger partial charge in [-0.15, -0.1) is 23.2 Å². The third kappa shape index (κ3) is 12.2. The fourth-order valence-corrected chi connectivity index (χ4v) is 13.7. The van der Waals surface area contributed by atoms with Crippen LogP contribution in [0.4, 0.5) is 4.79 Å². The zero-order valence-electron chi connectivity index (χ0n) is 40.5. The zero-order chi connectivity index (χ0) is 47.4. The van der Waals surface area contributed by atoms with Crippen LogP contribution in [-0.2, 0) is 37.9 Å². The number of methoxy groups -OCH3 is 2. The van der Waals surface area contributed by atoms with E-state index < -0.39 is 22.2 Å². The summed E-state index contributed by atoms with van der Waals surface area (Å²) in [5, 5.41) is 47.0. The second kappa shape index (κ2) is 24.8. The summed E-state index contributed by atoms with van der Waals surface area (Å²) in [6.07, 6.45) is 14.4. The minimum Gasteiger partial charge on any atom is -0.383 e. The summed E-state index contributed by atoms with van der Waals surface area (Å²) in [6, 6.07) is 0.226. The highest BCUT2D eigenvalue weighted by Crippen LogP contribution is 2.51. The number of alkyl halides is 2. The summed E-state index contributed by atoms with van der Waals surface area (Å²) in [5.41, 5.74) is -1.96. The van der Waals surface area contributed by atoms with E-state index in [1.165, 1.54) is 0 Å². The zero-order valence-corrected chi connectivity index (χ0v) is 42.1. The van der Waals surface area contributed by atoms with Crippen LogP contribution in [0.5, 0.6) is 0 Å². The summed E-state index contributed by atoms with van der Waals surface area (Å²) in [4.78, 5) is 16.4. The number of urea groups is 1. The van der Waals surface area contributed by atoms with Gasteiger partial charge in [0.1, 0.15) is 0 Å². The Kier molecular flexibility index (Phi) is 20.0. The molecule has 0 atom stereocenters. The Morgan fingerprint density at radius 3 is 1.10 bits per heavy atom. The molecule has 0 aromatic heterocycles. The molecular weight excluding hydrogens is 911 g/mol. The first kappa shape index (κ1) is 54.0. The maximum atomic E-state index is 14.4. The molecule has 18 nitrogen and oxygen atoms in total. The van der Waals surface area contributed by atoms with Crippen LogP contribution in [0.1, 0.15) is 116 Å². The molecule has 0 aromatic rings. The predicted octanol–water partition coefficient (Wildman–Crippen LogP) is 5.14. The second-order valence-electron chi connectivity index (χ2n) is 20.9. The Morgan fingerprint density at radius 2 is 0.806 bits per heavy atom. The van der Waals surface area contributed by atoms with Gasteiger partial charge in [0.2, 0.25) is 0 Å². The van der Waals surface area contributed by atoms with Crippen LogP contribution in [0.25, 0.3) is 0 Å². The molecule has 9 fully saturated rings. The number of piperidine rings is 3. The summed E-state index contributed by atoms with van der Waals surface area (Å²) in [6.45, 7) is 10.4. The molecule has 0 saturated carbocycles. The molecule has 5 N–H and O–H groups in total. The lowest BCUT2D eigenvalue weighted by molar-refractivity contribution is -0.299. The number of rotatable bonds is 9. The second-order valence-corrected chi connectivity index (χ2v) is 21.7. The molecule has 9 saturated heterocycles. The number of carbonyl (C=O) groups excluding carboxylic acids is 1. The van der Waals surface area contributed by atoms with Crippen LogP contribution >= 0.6 is 23.2 Å². The Morgan fingerprint density at radius 1 is 0.522 bits per heavy atom. The van der Waals surface area contributed by atoms with Gasteiger partial charge in [0.15, 0.2) is 0 Å². The predicted molar refractivity (Wildman–Crippen MR) is 250 cm³/mol. The van der Waals surface area contributed by atoms with Gasteiger partial charge in [-0.3, -0.25) is 0 Å². The van der Waals surface area contributed by atoms with Gasteiger partial charge in [0.25, 0.3) is 0 Å². The van der Waals surface area contributed by atoms with Gasteiger partial charge < -0.3 is 69.1 Å². The van der Waals surface area contributed by atoms with E-state index in [1.807, 2.05) is 4.90 Å². The van der Waals surface area contributed by atoms with Crippen molar-refractivity contribution < 1.29 is 58.3 Å². The summed E-state index contributed by atoms with van der Waals surface area (Å²) < 4.78 is 44.6. The molecule has 9 rings (SSSR count). The largest absolute Gasteiger partial charge is 0.383 e. The van der Waals surface area contributed by atoms with Crippen molar-refractivity contribution in [2.45, 2.75) is 167 Å². The highest BCUT2D eigenvalue weighted by Gasteiger charge is 2.59. The molecular formula is C47H84Cl2N6O12. The Bertz CT molecular complexity index is 1410.